The number of nitrogens with one attached hydrogen (secondary N) is 1. The van der Waals surface area contributed by atoms with E-state index in [1.54, 1.807) is 12.1 Å². The van der Waals surface area contributed by atoms with Gasteiger partial charge in [0.05, 0.1) is 0 Å². The summed E-state index contributed by atoms with van der Waals surface area (Å²) in [7, 11) is 0. The van der Waals surface area contributed by atoms with Gasteiger partial charge in [0.25, 0.3) is 0 Å². The highest BCUT2D eigenvalue weighted by atomic mass is 19.1. The molecule has 1 aromatic carbocycles. The maximum absolute atomic E-state index is 12.8. The Hall–Kier alpha value is -1.42. The topological polar surface area (TPSA) is 55.1 Å². The molecule has 0 bridgehead atoms. The summed E-state index contributed by atoms with van der Waals surface area (Å²) in [6.07, 6.45) is 1.24. The SMILES string of the molecule is CCC(C)NC(=O)CC(CN)c1ccc(F)cc1. The predicted molar refractivity (Wildman–Crippen MR) is 70.7 cm³/mol. The van der Waals surface area contributed by atoms with E-state index in [4.69, 9.17) is 5.73 Å². The molecule has 4 heteroatoms. The van der Waals surface area contributed by atoms with Crippen LogP contribution < -0.4 is 11.1 Å². The molecule has 3 N–H and O–H groups in total. The van der Waals surface area contributed by atoms with Crippen molar-refractivity contribution in [3.63, 3.8) is 0 Å². The van der Waals surface area contributed by atoms with Gasteiger partial charge in [0, 0.05) is 18.4 Å². The van der Waals surface area contributed by atoms with E-state index in [1.165, 1.54) is 12.1 Å². The maximum atomic E-state index is 12.8. The van der Waals surface area contributed by atoms with Gasteiger partial charge in [-0.15, -0.1) is 0 Å². The first-order valence-electron chi connectivity index (χ1n) is 6.31. The Morgan fingerprint density at radius 2 is 2.00 bits per heavy atom. The summed E-state index contributed by atoms with van der Waals surface area (Å²) in [5.74, 6) is -0.350. The summed E-state index contributed by atoms with van der Waals surface area (Å²) in [4.78, 5) is 11.8. The second-order valence-corrected chi connectivity index (χ2v) is 4.57. The third-order valence-corrected chi connectivity index (χ3v) is 3.08. The van der Waals surface area contributed by atoms with E-state index in [2.05, 4.69) is 5.32 Å². The molecule has 0 aliphatic rings. The fourth-order valence-electron chi connectivity index (χ4n) is 1.73. The van der Waals surface area contributed by atoms with Gasteiger partial charge in [-0.25, -0.2) is 4.39 Å². The zero-order valence-corrected chi connectivity index (χ0v) is 10.9. The Morgan fingerprint density at radius 3 is 2.50 bits per heavy atom. The molecule has 0 saturated heterocycles. The van der Waals surface area contributed by atoms with Crippen LogP contribution in [0.4, 0.5) is 4.39 Å². The van der Waals surface area contributed by atoms with Crippen LogP contribution in [0.2, 0.25) is 0 Å². The first-order valence-corrected chi connectivity index (χ1v) is 6.31. The van der Waals surface area contributed by atoms with Crippen molar-refractivity contribution in [2.24, 2.45) is 5.73 Å². The van der Waals surface area contributed by atoms with Gasteiger partial charge in [0.2, 0.25) is 5.91 Å². The molecule has 0 spiro atoms. The molecule has 2 unspecified atom stereocenters. The zero-order chi connectivity index (χ0) is 13.5. The first-order chi connectivity index (χ1) is 8.56. The van der Waals surface area contributed by atoms with Crippen molar-refractivity contribution in [2.75, 3.05) is 6.54 Å². The average Bonchev–Trinajstić information content (AvgIpc) is 2.37. The van der Waals surface area contributed by atoms with Crippen molar-refractivity contribution in [1.29, 1.82) is 0 Å². The van der Waals surface area contributed by atoms with E-state index in [-0.39, 0.29) is 23.7 Å². The van der Waals surface area contributed by atoms with Crippen LogP contribution in [0.25, 0.3) is 0 Å². The van der Waals surface area contributed by atoms with E-state index >= 15 is 0 Å². The normalized spacial score (nSPS) is 14.0. The summed E-state index contributed by atoms with van der Waals surface area (Å²) in [5.41, 5.74) is 6.58. The number of carbonyl (C=O) groups is 1. The monoisotopic (exact) mass is 252 g/mol. The van der Waals surface area contributed by atoms with Crippen molar-refractivity contribution in [3.05, 3.63) is 35.6 Å². The average molecular weight is 252 g/mol. The molecule has 1 rings (SSSR count). The minimum Gasteiger partial charge on any atom is -0.354 e. The third-order valence-electron chi connectivity index (χ3n) is 3.08. The Bertz CT molecular complexity index is 378. The van der Waals surface area contributed by atoms with Crippen molar-refractivity contribution in [1.82, 2.24) is 5.32 Å². The molecule has 0 aliphatic carbocycles. The lowest BCUT2D eigenvalue weighted by molar-refractivity contribution is -0.122. The molecule has 1 aromatic rings. The molecule has 3 nitrogen and oxygen atoms in total. The first kappa shape index (κ1) is 14.6. The van der Waals surface area contributed by atoms with E-state index in [9.17, 15) is 9.18 Å². The van der Waals surface area contributed by atoms with Crippen LogP contribution in [0, 0.1) is 5.82 Å². The highest BCUT2D eigenvalue weighted by Crippen LogP contribution is 2.18. The van der Waals surface area contributed by atoms with Gasteiger partial charge in [-0.1, -0.05) is 19.1 Å². The van der Waals surface area contributed by atoms with Crippen LogP contribution in [0.5, 0.6) is 0 Å². The smallest absolute Gasteiger partial charge is 0.220 e. The van der Waals surface area contributed by atoms with Crippen LogP contribution in [0.15, 0.2) is 24.3 Å². The largest absolute Gasteiger partial charge is 0.354 e. The van der Waals surface area contributed by atoms with Gasteiger partial charge in [0.15, 0.2) is 0 Å². The fourth-order valence-corrected chi connectivity index (χ4v) is 1.73. The quantitative estimate of drug-likeness (QED) is 0.815. The van der Waals surface area contributed by atoms with Gasteiger partial charge in [-0.3, -0.25) is 4.79 Å². The number of hydrogen-bond acceptors (Lipinski definition) is 2. The number of hydrogen-bond donors (Lipinski definition) is 2. The lowest BCUT2D eigenvalue weighted by Crippen LogP contribution is -2.33. The fraction of sp³-hybridized carbons (Fsp3) is 0.500. The molecule has 0 fully saturated rings. The molecular weight excluding hydrogens is 231 g/mol. The lowest BCUT2D eigenvalue weighted by Gasteiger charge is -2.17. The van der Waals surface area contributed by atoms with Crippen LogP contribution in [0.1, 0.15) is 38.2 Å². The molecule has 0 saturated carbocycles. The third kappa shape index (κ3) is 4.45. The highest BCUT2D eigenvalue weighted by Gasteiger charge is 2.15. The van der Waals surface area contributed by atoms with Gasteiger partial charge >= 0.3 is 0 Å². The Labute approximate surface area is 108 Å². The number of benzene rings is 1. The van der Waals surface area contributed by atoms with Gasteiger partial charge in [-0.2, -0.15) is 0 Å². The minimum atomic E-state index is -0.279. The van der Waals surface area contributed by atoms with E-state index < -0.39 is 0 Å². The second-order valence-electron chi connectivity index (χ2n) is 4.57. The van der Waals surface area contributed by atoms with Crippen molar-refractivity contribution < 1.29 is 9.18 Å². The molecule has 2 atom stereocenters. The zero-order valence-electron chi connectivity index (χ0n) is 10.9. The van der Waals surface area contributed by atoms with Crippen LogP contribution in [-0.2, 0) is 4.79 Å². The number of halogens is 1. The number of amides is 1. The van der Waals surface area contributed by atoms with E-state index in [0.29, 0.717) is 13.0 Å². The van der Waals surface area contributed by atoms with Gasteiger partial charge < -0.3 is 11.1 Å². The second kappa shape index (κ2) is 7.11. The molecule has 100 valence electrons. The Balaban J connectivity index is 2.61. The highest BCUT2D eigenvalue weighted by molar-refractivity contribution is 5.77. The molecule has 18 heavy (non-hydrogen) atoms. The summed E-state index contributed by atoms with van der Waals surface area (Å²) >= 11 is 0. The minimum absolute atomic E-state index is 0.0101. The lowest BCUT2D eigenvalue weighted by atomic mass is 9.95. The molecule has 1 amide bonds. The summed E-state index contributed by atoms with van der Waals surface area (Å²) in [6.45, 7) is 4.36. The summed E-state index contributed by atoms with van der Waals surface area (Å²) < 4.78 is 12.8. The summed E-state index contributed by atoms with van der Waals surface area (Å²) in [5, 5.41) is 2.91. The standard InChI is InChI=1S/C14H21FN2O/c1-3-10(2)17-14(18)8-12(9-16)11-4-6-13(15)7-5-11/h4-7,10,12H,3,8-9,16H2,1-2H3,(H,17,18). The van der Waals surface area contributed by atoms with Gasteiger partial charge in [0.1, 0.15) is 5.82 Å². The molecule has 0 aromatic heterocycles. The molecular formula is C14H21FN2O. The molecule has 0 heterocycles. The van der Waals surface area contributed by atoms with Crippen molar-refractivity contribution in [3.8, 4) is 0 Å². The van der Waals surface area contributed by atoms with Crippen molar-refractivity contribution in [2.45, 2.75) is 38.6 Å². The van der Waals surface area contributed by atoms with Crippen LogP contribution in [-0.4, -0.2) is 18.5 Å². The van der Waals surface area contributed by atoms with E-state index in [1.807, 2.05) is 13.8 Å². The summed E-state index contributed by atoms with van der Waals surface area (Å²) in [6, 6.07) is 6.33. The number of nitrogens with two attached hydrogens (primary N) is 1. The molecule has 0 radical (unpaired) electrons. The molecule has 0 aliphatic heterocycles. The number of rotatable bonds is 6. The van der Waals surface area contributed by atoms with E-state index in [0.717, 1.165) is 12.0 Å². The van der Waals surface area contributed by atoms with Crippen LogP contribution in [0.3, 0.4) is 0 Å². The van der Waals surface area contributed by atoms with Gasteiger partial charge in [-0.05, 0) is 37.6 Å². The Morgan fingerprint density at radius 1 is 1.39 bits per heavy atom. The number of carbonyl (C=O) groups excluding carboxylic acids is 1. The predicted octanol–water partition coefficient (Wildman–Crippen LogP) is 2.17. The Kier molecular flexibility index (Phi) is 5.78. The van der Waals surface area contributed by atoms with Crippen molar-refractivity contribution >= 4 is 5.91 Å². The van der Waals surface area contributed by atoms with Crippen LogP contribution >= 0.6 is 0 Å². The maximum Gasteiger partial charge on any atom is 0.220 e.